The standard InChI is InChI=1S/C20H28N2O3S2/c23-20(21-13-12-17-6-2-1-3-7-17)16-26-18-8-10-19(11-9-18)27(24,25)22-14-4-5-15-22/h6,8-11H,1-5,7,12-16H2,(H,21,23). The first-order valence-electron chi connectivity index (χ1n) is 9.73. The summed E-state index contributed by atoms with van der Waals surface area (Å²) in [6.07, 6.45) is 9.99. The number of nitrogens with one attached hydrogen (secondary N) is 1. The lowest BCUT2D eigenvalue weighted by Gasteiger charge is -2.15. The van der Waals surface area contributed by atoms with E-state index in [0.717, 1.165) is 30.6 Å². The summed E-state index contributed by atoms with van der Waals surface area (Å²) >= 11 is 1.43. The molecule has 0 saturated carbocycles. The first-order chi connectivity index (χ1) is 13.1. The van der Waals surface area contributed by atoms with Gasteiger partial charge in [-0.25, -0.2) is 8.42 Å². The number of nitrogens with zero attached hydrogens (tertiary/aromatic N) is 1. The molecule has 1 aliphatic carbocycles. The summed E-state index contributed by atoms with van der Waals surface area (Å²) in [6.45, 7) is 1.91. The second kappa shape index (κ2) is 9.75. The minimum atomic E-state index is -3.37. The number of carbonyl (C=O) groups is 1. The van der Waals surface area contributed by atoms with Gasteiger partial charge in [0.2, 0.25) is 15.9 Å². The fraction of sp³-hybridized carbons (Fsp3) is 0.550. The van der Waals surface area contributed by atoms with E-state index in [1.807, 2.05) is 0 Å². The van der Waals surface area contributed by atoms with Gasteiger partial charge in [-0.1, -0.05) is 11.6 Å². The van der Waals surface area contributed by atoms with Crippen LogP contribution in [0.25, 0.3) is 0 Å². The van der Waals surface area contributed by atoms with E-state index in [1.165, 1.54) is 36.6 Å². The molecule has 0 spiro atoms. The van der Waals surface area contributed by atoms with E-state index in [9.17, 15) is 13.2 Å². The van der Waals surface area contributed by atoms with E-state index in [4.69, 9.17) is 0 Å². The minimum Gasteiger partial charge on any atom is -0.355 e. The first-order valence-corrected chi connectivity index (χ1v) is 12.2. The van der Waals surface area contributed by atoms with Crippen LogP contribution in [0.1, 0.15) is 44.9 Å². The third-order valence-electron chi connectivity index (χ3n) is 5.05. The number of hydrogen-bond acceptors (Lipinski definition) is 4. The molecule has 0 unspecified atom stereocenters. The Balaban J connectivity index is 1.43. The molecule has 1 fully saturated rings. The van der Waals surface area contributed by atoms with E-state index in [-0.39, 0.29) is 5.91 Å². The average molecular weight is 409 g/mol. The molecule has 3 rings (SSSR count). The van der Waals surface area contributed by atoms with Crippen LogP contribution in [0, 0.1) is 0 Å². The van der Waals surface area contributed by atoms with Crippen molar-refractivity contribution < 1.29 is 13.2 Å². The van der Waals surface area contributed by atoms with Gasteiger partial charge in [0.25, 0.3) is 0 Å². The van der Waals surface area contributed by atoms with Crippen molar-refractivity contribution in [1.82, 2.24) is 9.62 Å². The Morgan fingerprint density at radius 1 is 1.07 bits per heavy atom. The molecule has 148 valence electrons. The highest BCUT2D eigenvalue weighted by Crippen LogP contribution is 2.24. The molecule has 0 bridgehead atoms. The monoisotopic (exact) mass is 408 g/mol. The van der Waals surface area contributed by atoms with E-state index in [0.29, 0.717) is 30.3 Å². The van der Waals surface area contributed by atoms with Crippen LogP contribution in [0.2, 0.25) is 0 Å². The summed E-state index contributed by atoms with van der Waals surface area (Å²) < 4.78 is 26.6. The van der Waals surface area contributed by atoms with Gasteiger partial charge in [-0.05, 0) is 69.2 Å². The molecule has 1 aliphatic heterocycles. The number of rotatable bonds is 8. The molecule has 5 nitrogen and oxygen atoms in total. The van der Waals surface area contributed by atoms with Crippen molar-refractivity contribution in [3.63, 3.8) is 0 Å². The molecular formula is C20H28N2O3S2. The van der Waals surface area contributed by atoms with Crippen molar-refractivity contribution in [2.75, 3.05) is 25.4 Å². The topological polar surface area (TPSA) is 66.5 Å². The van der Waals surface area contributed by atoms with Crippen molar-refractivity contribution in [2.24, 2.45) is 0 Å². The van der Waals surface area contributed by atoms with Gasteiger partial charge in [0.1, 0.15) is 0 Å². The quantitative estimate of drug-likeness (QED) is 0.527. The number of sulfonamides is 1. The zero-order valence-corrected chi connectivity index (χ0v) is 17.3. The lowest BCUT2D eigenvalue weighted by atomic mass is 9.97. The van der Waals surface area contributed by atoms with Gasteiger partial charge >= 0.3 is 0 Å². The Bertz CT molecular complexity index is 767. The van der Waals surface area contributed by atoms with Gasteiger partial charge in [-0.2, -0.15) is 4.31 Å². The highest BCUT2D eigenvalue weighted by atomic mass is 32.2. The van der Waals surface area contributed by atoms with Crippen molar-refractivity contribution in [2.45, 2.75) is 54.7 Å². The molecule has 7 heteroatoms. The van der Waals surface area contributed by atoms with Crippen molar-refractivity contribution in [1.29, 1.82) is 0 Å². The third-order valence-corrected chi connectivity index (χ3v) is 7.97. The van der Waals surface area contributed by atoms with Gasteiger partial charge in [0, 0.05) is 24.5 Å². The van der Waals surface area contributed by atoms with Gasteiger partial charge in [0.15, 0.2) is 0 Å². The van der Waals surface area contributed by atoms with Crippen molar-refractivity contribution in [3.05, 3.63) is 35.9 Å². The number of hydrogen-bond donors (Lipinski definition) is 1. The van der Waals surface area contributed by atoms with Crippen LogP contribution in [0.4, 0.5) is 0 Å². The molecule has 1 heterocycles. The fourth-order valence-electron chi connectivity index (χ4n) is 3.48. The summed E-state index contributed by atoms with van der Waals surface area (Å²) in [5, 5.41) is 2.97. The highest BCUT2D eigenvalue weighted by Gasteiger charge is 2.26. The minimum absolute atomic E-state index is 0.0187. The van der Waals surface area contributed by atoms with Gasteiger partial charge in [-0.15, -0.1) is 11.8 Å². The normalized spacial score (nSPS) is 18.3. The summed E-state index contributed by atoms with van der Waals surface area (Å²) in [5.41, 5.74) is 1.46. The Morgan fingerprint density at radius 2 is 1.81 bits per heavy atom. The van der Waals surface area contributed by atoms with E-state index < -0.39 is 10.0 Å². The van der Waals surface area contributed by atoms with Crippen LogP contribution >= 0.6 is 11.8 Å². The maximum atomic E-state index is 12.5. The number of amides is 1. The molecular weight excluding hydrogens is 380 g/mol. The molecule has 27 heavy (non-hydrogen) atoms. The molecule has 2 aliphatic rings. The predicted molar refractivity (Wildman–Crippen MR) is 109 cm³/mol. The molecule has 0 aromatic heterocycles. The smallest absolute Gasteiger partial charge is 0.243 e. The summed E-state index contributed by atoms with van der Waals surface area (Å²) in [7, 11) is -3.37. The third kappa shape index (κ3) is 5.83. The van der Waals surface area contributed by atoms with E-state index in [2.05, 4.69) is 11.4 Å². The average Bonchev–Trinajstić information content (AvgIpc) is 3.23. The Labute approximate surface area is 166 Å². The fourth-order valence-corrected chi connectivity index (χ4v) is 5.72. The first kappa shape index (κ1) is 20.4. The van der Waals surface area contributed by atoms with Crippen LogP contribution in [0.3, 0.4) is 0 Å². The summed E-state index contributed by atoms with van der Waals surface area (Å²) in [5.74, 6) is 0.363. The number of benzene rings is 1. The van der Waals surface area contributed by atoms with Crippen LogP contribution in [-0.4, -0.2) is 44.0 Å². The van der Waals surface area contributed by atoms with E-state index >= 15 is 0 Å². The second-order valence-corrected chi connectivity index (χ2v) is 10.1. The number of thioether (sulfide) groups is 1. The van der Waals surface area contributed by atoms with Gasteiger partial charge in [-0.3, -0.25) is 4.79 Å². The molecule has 0 radical (unpaired) electrons. The lowest BCUT2D eigenvalue weighted by molar-refractivity contribution is -0.118. The van der Waals surface area contributed by atoms with Crippen LogP contribution in [0.5, 0.6) is 0 Å². The maximum Gasteiger partial charge on any atom is 0.243 e. The van der Waals surface area contributed by atoms with Crippen LogP contribution < -0.4 is 5.32 Å². The zero-order chi connectivity index (χ0) is 19.1. The highest BCUT2D eigenvalue weighted by molar-refractivity contribution is 8.00. The van der Waals surface area contributed by atoms with E-state index in [1.54, 1.807) is 28.6 Å². The van der Waals surface area contributed by atoms with Crippen molar-refractivity contribution in [3.8, 4) is 0 Å². The van der Waals surface area contributed by atoms with Crippen molar-refractivity contribution >= 4 is 27.7 Å². The molecule has 1 aromatic carbocycles. The second-order valence-electron chi connectivity index (χ2n) is 7.08. The van der Waals surface area contributed by atoms with Crippen LogP contribution in [-0.2, 0) is 14.8 Å². The Kier molecular flexibility index (Phi) is 7.38. The Hall–Kier alpha value is -1.31. The SMILES string of the molecule is O=C(CSc1ccc(S(=O)(=O)N2CCCC2)cc1)NCCC1=CCCCC1. The number of allylic oxidation sites excluding steroid dienone is 1. The van der Waals surface area contributed by atoms with Gasteiger partial charge < -0.3 is 5.32 Å². The lowest BCUT2D eigenvalue weighted by Crippen LogP contribution is -2.27. The maximum absolute atomic E-state index is 12.5. The summed E-state index contributed by atoms with van der Waals surface area (Å²) in [4.78, 5) is 13.2. The predicted octanol–water partition coefficient (Wildman–Crippen LogP) is 3.57. The van der Waals surface area contributed by atoms with Crippen LogP contribution in [0.15, 0.2) is 45.7 Å². The largest absolute Gasteiger partial charge is 0.355 e. The molecule has 1 amide bonds. The Morgan fingerprint density at radius 3 is 2.48 bits per heavy atom. The molecule has 1 aromatic rings. The summed E-state index contributed by atoms with van der Waals surface area (Å²) in [6, 6.07) is 6.86. The molecule has 1 N–H and O–H groups in total. The zero-order valence-electron chi connectivity index (χ0n) is 15.7. The van der Waals surface area contributed by atoms with Gasteiger partial charge in [0.05, 0.1) is 10.6 Å². The molecule has 0 atom stereocenters. The number of carbonyl (C=O) groups excluding carboxylic acids is 1. The molecule has 1 saturated heterocycles.